The molecular weight excluding hydrogens is 472 g/mol. The van der Waals surface area contributed by atoms with E-state index in [2.05, 4.69) is 94.4 Å². The van der Waals surface area contributed by atoms with E-state index in [9.17, 15) is 4.79 Å². The second-order valence-electron chi connectivity index (χ2n) is 11.4. The predicted molar refractivity (Wildman–Crippen MR) is 150 cm³/mol. The van der Waals surface area contributed by atoms with Gasteiger partial charge in [-0.2, -0.15) is 0 Å². The van der Waals surface area contributed by atoms with Crippen LogP contribution in [0.2, 0.25) is 18.1 Å². The summed E-state index contributed by atoms with van der Waals surface area (Å²) in [5.74, 6) is 0.912. The Balaban J connectivity index is 2.06. The number of halogens is 1. The maximum atomic E-state index is 12.0. The van der Waals surface area contributed by atoms with Gasteiger partial charge in [0.05, 0.1) is 6.04 Å². The van der Waals surface area contributed by atoms with E-state index in [0.717, 1.165) is 36.5 Å². The van der Waals surface area contributed by atoms with Crippen LogP contribution in [0.4, 0.5) is 0 Å². The van der Waals surface area contributed by atoms with Gasteiger partial charge in [0.1, 0.15) is 5.75 Å². The molecule has 0 radical (unpaired) electrons. The highest BCUT2D eigenvalue weighted by Crippen LogP contribution is 2.39. The van der Waals surface area contributed by atoms with Crippen molar-refractivity contribution < 1.29 is 9.22 Å². The van der Waals surface area contributed by atoms with Crippen LogP contribution in [-0.4, -0.2) is 55.1 Å². The van der Waals surface area contributed by atoms with Crippen LogP contribution in [0.25, 0.3) is 0 Å². The van der Waals surface area contributed by atoms with Gasteiger partial charge in [-0.15, -0.1) is 6.58 Å². The molecule has 1 saturated heterocycles. The lowest BCUT2D eigenvalue weighted by molar-refractivity contribution is 0.0306. The summed E-state index contributed by atoms with van der Waals surface area (Å²) in [6, 6.07) is 16.9. The molecular formula is C29H41ClN2O2Si. The summed E-state index contributed by atoms with van der Waals surface area (Å²) < 4.78 is 6.67. The van der Waals surface area contributed by atoms with Crippen molar-refractivity contribution >= 4 is 25.2 Å². The van der Waals surface area contributed by atoms with Crippen molar-refractivity contribution in [3.63, 3.8) is 0 Å². The summed E-state index contributed by atoms with van der Waals surface area (Å²) in [6.07, 6.45) is 1.98. The van der Waals surface area contributed by atoms with E-state index in [1.165, 1.54) is 0 Å². The molecule has 6 heteroatoms. The number of hydrogen-bond donors (Lipinski definition) is 0. The maximum Gasteiger partial charge on any atom is 0.252 e. The molecule has 0 bridgehead atoms. The van der Waals surface area contributed by atoms with Crippen molar-refractivity contribution in [3.05, 3.63) is 77.9 Å². The van der Waals surface area contributed by atoms with Crippen LogP contribution in [0, 0.1) is 0 Å². The number of piperazine rings is 1. The fraction of sp³-hybridized carbons (Fsp3) is 0.483. The molecule has 2 aromatic rings. The van der Waals surface area contributed by atoms with E-state index < -0.39 is 13.6 Å². The largest absolute Gasteiger partial charge is 0.543 e. The van der Waals surface area contributed by atoms with Crippen LogP contribution >= 0.6 is 11.6 Å². The Bertz CT molecular complexity index is 1050. The van der Waals surface area contributed by atoms with Gasteiger partial charge in [0.2, 0.25) is 8.32 Å². The Morgan fingerprint density at radius 1 is 1.11 bits per heavy atom. The van der Waals surface area contributed by atoms with Gasteiger partial charge in [0, 0.05) is 37.3 Å². The van der Waals surface area contributed by atoms with Gasteiger partial charge >= 0.3 is 0 Å². The molecule has 0 spiro atoms. The minimum atomic E-state index is -1.98. The van der Waals surface area contributed by atoms with E-state index in [1.807, 2.05) is 18.2 Å². The third-order valence-corrected chi connectivity index (χ3v) is 12.2. The molecule has 1 aliphatic rings. The number of carbonyl (C=O) groups excluding carboxylic acids is 1. The molecule has 0 aromatic heterocycles. The molecule has 3 rings (SSSR count). The lowest BCUT2D eigenvalue weighted by Crippen LogP contribution is -2.57. The minimum absolute atomic E-state index is 0.0164. The van der Waals surface area contributed by atoms with Gasteiger partial charge in [-0.25, -0.2) is 0 Å². The van der Waals surface area contributed by atoms with Crippen molar-refractivity contribution in [1.29, 1.82) is 0 Å². The molecule has 0 aliphatic carbocycles. The van der Waals surface area contributed by atoms with Gasteiger partial charge in [-0.3, -0.25) is 14.6 Å². The van der Waals surface area contributed by atoms with Crippen molar-refractivity contribution in [3.8, 4) is 5.75 Å². The molecule has 1 heterocycles. The zero-order valence-electron chi connectivity index (χ0n) is 22.3. The average molecular weight is 513 g/mol. The lowest BCUT2D eigenvalue weighted by atomic mass is 9.92. The van der Waals surface area contributed by atoms with Gasteiger partial charge < -0.3 is 4.43 Å². The Morgan fingerprint density at radius 2 is 1.74 bits per heavy atom. The molecule has 3 atom stereocenters. The topological polar surface area (TPSA) is 32.8 Å². The highest BCUT2D eigenvalue weighted by atomic mass is 35.5. The quantitative estimate of drug-likeness (QED) is 0.214. The summed E-state index contributed by atoms with van der Waals surface area (Å²) in [5, 5.41) is -0.319. The van der Waals surface area contributed by atoms with Crippen molar-refractivity contribution in [1.82, 2.24) is 9.80 Å². The van der Waals surface area contributed by atoms with Crippen molar-refractivity contribution in [2.45, 2.75) is 70.9 Å². The Morgan fingerprint density at radius 3 is 2.34 bits per heavy atom. The second-order valence-corrected chi connectivity index (χ2v) is 16.4. The highest BCUT2D eigenvalue weighted by molar-refractivity contribution is 6.74. The smallest absolute Gasteiger partial charge is 0.252 e. The van der Waals surface area contributed by atoms with Gasteiger partial charge in [0.15, 0.2) is 0 Å². The second kappa shape index (κ2) is 11.0. The molecule has 0 unspecified atom stereocenters. The van der Waals surface area contributed by atoms with Crippen LogP contribution in [0.5, 0.6) is 5.75 Å². The van der Waals surface area contributed by atoms with Crippen LogP contribution in [-0.2, 0) is 0 Å². The van der Waals surface area contributed by atoms with Gasteiger partial charge in [-0.1, -0.05) is 57.2 Å². The number of hydrogen-bond acceptors (Lipinski definition) is 4. The fourth-order valence-electron chi connectivity index (χ4n) is 4.61. The van der Waals surface area contributed by atoms with E-state index >= 15 is 0 Å². The molecule has 0 amide bonds. The summed E-state index contributed by atoms with van der Waals surface area (Å²) in [4.78, 5) is 17.0. The average Bonchev–Trinajstić information content (AvgIpc) is 2.77. The Labute approximate surface area is 218 Å². The van der Waals surface area contributed by atoms with Crippen molar-refractivity contribution in [2.24, 2.45) is 0 Å². The van der Waals surface area contributed by atoms with E-state index in [0.29, 0.717) is 17.6 Å². The first-order valence-corrected chi connectivity index (χ1v) is 15.8. The highest BCUT2D eigenvalue weighted by Gasteiger charge is 2.39. The zero-order chi connectivity index (χ0) is 26.0. The first-order valence-electron chi connectivity index (χ1n) is 12.5. The SMILES string of the molecule is C=CCN1C[C@H](C)N([C@@H](c2cccc(O[Si](C)(C)C(C)(C)C)c2)c2cccc(C(=O)Cl)c2)C[C@H]1C. The summed E-state index contributed by atoms with van der Waals surface area (Å²) >= 11 is 5.87. The molecule has 190 valence electrons. The summed E-state index contributed by atoms with van der Waals surface area (Å²) in [7, 11) is -1.98. The lowest BCUT2D eigenvalue weighted by Gasteiger charge is -2.47. The predicted octanol–water partition coefficient (Wildman–Crippen LogP) is 7.12. The number of carbonyl (C=O) groups is 1. The third-order valence-electron chi connectivity index (χ3n) is 7.64. The van der Waals surface area contributed by atoms with Crippen LogP contribution in [0.3, 0.4) is 0 Å². The molecule has 0 N–H and O–H groups in total. The van der Waals surface area contributed by atoms with Crippen molar-refractivity contribution in [2.75, 3.05) is 19.6 Å². The summed E-state index contributed by atoms with van der Waals surface area (Å²) in [5.41, 5.74) is 2.75. The monoisotopic (exact) mass is 512 g/mol. The maximum absolute atomic E-state index is 12.0. The van der Waals surface area contributed by atoms with Gasteiger partial charge in [0.25, 0.3) is 5.24 Å². The molecule has 1 aliphatic heterocycles. The molecule has 1 fully saturated rings. The fourth-order valence-corrected chi connectivity index (χ4v) is 5.75. The standard InChI is InChI=1S/C29H41ClN2O2Si/c1-9-16-31-19-22(3)32(20-21(31)2)27(23-12-10-14-25(17-23)28(30)33)24-13-11-15-26(18-24)34-35(7,8)29(4,5)6/h9-15,17-18,21-22,27H,1,16,19-20H2,2-8H3/t21-,22+,27-/m1/s1. The van der Waals surface area contributed by atoms with Crippen LogP contribution in [0.15, 0.2) is 61.2 Å². The van der Waals surface area contributed by atoms with E-state index in [-0.39, 0.29) is 11.1 Å². The number of benzene rings is 2. The molecule has 0 saturated carbocycles. The van der Waals surface area contributed by atoms with Gasteiger partial charge in [-0.05, 0) is 72.9 Å². The third kappa shape index (κ3) is 6.45. The molecule has 2 aromatic carbocycles. The molecule has 35 heavy (non-hydrogen) atoms. The van der Waals surface area contributed by atoms with E-state index in [1.54, 1.807) is 6.07 Å². The first kappa shape index (κ1) is 27.7. The Kier molecular flexibility index (Phi) is 8.69. The minimum Gasteiger partial charge on any atom is -0.543 e. The number of rotatable bonds is 8. The summed E-state index contributed by atoms with van der Waals surface area (Å²) in [6.45, 7) is 22.6. The first-order chi connectivity index (χ1) is 16.3. The normalized spacial score (nSPS) is 20.9. The number of nitrogens with zero attached hydrogens (tertiary/aromatic N) is 2. The van der Waals surface area contributed by atoms with E-state index in [4.69, 9.17) is 16.0 Å². The molecule has 4 nitrogen and oxygen atoms in total. The zero-order valence-corrected chi connectivity index (χ0v) is 24.1. The van der Waals surface area contributed by atoms with Crippen LogP contribution < -0.4 is 4.43 Å². The van der Waals surface area contributed by atoms with Crippen LogP contribution in [0.1, 0.15) is 62.1 Å². The Hall–Kier alpha value is -1.92.